The molecule has 0 aliphatic rings. The van der Waals surface area contributed by atoms with Gasteiger partial charge in [0.2, 0.25) is 0 Å². The molecular weight excluding hydrogens is 136 g/mol. The van der Waals surface area contributed by atoms with Gasteiger partial charge in [-0.2, -0.15) is 0 Å². The largest absolute Gasteiger partial charge is 0.401 e. The Morgan fingerprint density at radius 2 is 2.09 bits per heavy atom. The quantitative estimate of drug-likeness (QED) is 0.622. The summed E-state index contributed by atoms with van der Waals surface area (Å²) in [5.41, 5.74) is 7.34. The highest BCUT2D eigenvalue weighted by Crippen LogP contribution is 2.03. The molecule has 0 saturated carbocycles. The molecule has 0 saturated heterocycles. The Morgan fingerprint density at radius 1 is 1.55 bits per heavy atom. The molecule has 2 nitrogen and oxygen atoms in total. The summed E-state index contributed by atoms with van der Waals surface area (Å²) in [7, 11) is 0. The van der Waals surface area contributed by atoms with Crippen molar-refractivity contribution >= 4 is 5.71 Å². The van der Waals surface area contributed by atoms with Gasteiger partial charge in [0, 0.05) is 17.6 Å². The molecular formula is C9H18N2. The Bertz CT molecular complexity index is 164. The molecule has 0 aromatic carbocycles. The molecule has 64 valence electrons. The minimum atomic E-state index is 0.561. The molecule has 0 fully saturated rings. The topological polar surface area (TPSA) is 38.4 Å². The fourth-order valence-corrected chi connectivity index (χ4v) is 0.626. The summed E-state index contributed by atoms with van der Waals surface area (Å²) in [6.45, 7) is 8.20. The maximum atomic E-state index is 5.44. The summed E-state index contributed by atoms with van der Waals surface area (Å²) in [6.07, 6.45) is 2.84. The average molecular weight is 154 g/mol. The fourth-order valence-electron chi connectivity index (χ4n) is 0.626. The number of hydrogen-bond acceptors (Lipinski definition) is 2. The molecule has 0 amide bonds. The highest BCUT2D eigenvalue weighted by Gasteiger charge is 1.99. The number of nitrogens with two attached hydrogens (primary N) is 1. The standard InChI is InChI=1S/C9H18N2/c1-5-7(2)9(4)11-6-8(3)10/h6-7H,5,10H2,1-4H3/b8-6-,11-9?. The summed E-state index contributed by atoms with van der Waals surface area (Å²) < 4.78 is 0. The molecule has 0 aliphatic carbocycles. The van der Waals surface area contributed by atoms with Gasteiger partial charge in [-0.15, -0.1) is 0 Å². The van der Waals surface area contributed by atoms with Crippen LogP contribution in [0.1, 0.15) is 34.1 Å². The van der Waals surface area contributed by atoms with E-state index < -0.39 is 0 Å². The Balaban J connectivity index is 4.11. The Hall–Kier alpha value is -0.790. The first-order valence-electron chi connectivity index (χ1n) is 4.04. The van der Waals surface area contributed by atoms with Crippen LogP contribution in [0.3, 0.4) is 0 Å². The lowest BCUT2D eigenvalue weighted by Crippen LogP contribution is -2.04. The van der Waals surface area contributed by atoms with E-state index in [-0.39, 0.29) is 0 Å². The molecule has 2 N–H and O–H groups in total. The van der Waals surface area contributed by atoms with Crippen molar-refractivity contribution in [1.82, 2.24) is 0 Å². The monoisotopic (exact) mass is 154 g/mol. The van der Waals surface area contributed by atoms with Gasteiger partial charge in [0.1, 0.15) is 0 Å². The molecule has 0 heterocycles. The van der Waals surface area contributed by atoms with Crippen molar-refractivity contribution in [2.45, 2.75) is 34.1 Å². The summed E-state index contributed by atoms with van der Waals surface area (Å²) in [5.74, 6) is 0.561. The van der Waals surface area contributed by atoms with E-state index in [4.69, 9.17) is 5.73 Å². The predicted octanol–water partition coefficient (Wildman–Crippen LogP) is 2.31. The maximum absolute atomic E-state index is 5.44. The van der Waals surface area contributed by atoms with Crippen molar-refractivity contribution in [3.63, 3.8) is 0 Å². The summed E-state index contributed by atoms with van der Waals surface area (Å²) >= 11 is 0. The minimum absolute atomic E-state index is 0.561. The smallest absolute Gasteiger partial charge is 0.0451 e. The van der Waals surface area contributed by atoms with Gasteiger partial charge in [0.15, 0.2) is 0 Å². The lowest BCUT2D eigenvalue weighted by molar-refractivity contribution is 0.736. The molecule has 0 spiro atoms. The van der Waals surface area contributed by atoms with Crippen LogP contribution in [0.15, 0.2) is 16.9 Å². The summed E-state index contributed by atoms with van der Waals surface area (Å²) in [4.78, 5) is 4.22. The van der Waals surface area contributed by atoms with Gasteiger partial charge < -0.3 is 5.73 Å². The van der Waals surface area contributed by atoms with E-state index >= 15 is 0 Å². The van der Waals surface area contributed by atoms with Crippen molar-refractivity contribution in [1.29, 1.82) is 0 Å². The third kappa shape index (κ3) is 4.59. The van der Waals surface area contributed by atoms with Crippen LogP contribution in [-0.2, 0) is 0 Å². The van der Waals surface area contributed by atoms with Crippen LogP contribution in [0, 0.1) is 5.92 Å². The maximum Gasteiger partial charge on any atom is 0.0451 e. The summed E-state index contributed by atoms with van der Waals surface area (Å²) in [6, 6.07) is 0. The summed E-state index contributed by atoms with van der Waals surface area (Å²) in [5, 5.41) is 0. The van der Waals surface area contributed by atoms with Crippen molar-refractivity contribution in [2.24, 2.45) is 16.6 Å². The molecule has 0 rings (SSSR count). The Kier molecular flexibility index (Phi) is 4.59. The number of hydrogen-bond donors (Lipinski definition) is 1. The van der Waals surface area contributed by atoms with Gasteiger partial charge in [-0.25, -0.2) is 0 Å². The van der Waals surface area contributed by atoms with Gasteiger partial charge in [0.25, 0.3) is 0 Å². The second kappa shape index (κ2) is 4.94. The number of allylic oxidation sites excluding steroid dienone is 1. The number of rotatable bonds is 3. The zero-order valence-electron chi connectivity index (χ0n) is 7.89. The van der Waals surface area contributed by atoms with Crippen LogP contribution in [-0.4, -0.2) is 5.71 Å². The van der Waals surface area contributed by atoms with Crippen LogP contribution in [0.25, 0.3) is 0 Å². The van der Waals surface area contributed by atoms with Gasteiger partial charge in [-0.05, 0) is 26.2 Å². The van der Waals surface area contributed by atoms with Crippen LogP contribution < -0.4 is 5.73 Å². The van der Waals surface area contributed by atoms with Crippen LogP contribution in [0.4, 0.5) is 0 Å². The molecule has 0 radical (unpaired) electrons. The van der Waals surface area contributed by atoms with E-state index in [0.717, 1.165) is 17.8 Å². The van der Waals surface area contributed by atoms with E-state index in [0.29, 0.717) is 5.92 Å². The van der Waals surface area contributed by atoms with Crippen LogP contribution >= 0.6 is 0 Å². The third-order valence-corrected chi connectivity index (χ3v) is 1.80. The molecule has 1 unspecified atom stereocenters. The molecule has 11 heavy (non-hydrogen) atoms. The van der Waals surface area contributed by atoms with E-state index in [1.807, 2.05) is 13.8 Å². The van der Waals surface area contributed by atoms with Crippen LogP contribution in [0.2, 0.25) is 0 Å². The lowest BCUT2D eigenvalue weighted by Gasteiger charge is -2.05. The van der Waals surface area contributed by atoms with Crippen molar-refractivity contribution in [3.8, 4) is 0 Å². The second-order valence-corrected chi connectivity index (χ2v) is 2.95. The van der Waals surface area contributed by atoms with Crippen molar-refractivity contribution < 1.29 is 0 Å². The Labute approximate surface area is 69.2 Å². The zero-order chi connectivity index (χ0) is 8.85. The van der Waals surface area contributed by atoms with Crippen molar-refractivity contribution in [2.75, 3.05) is 0 Å². The third-order valence-electron chi connectivity index (χ3n) is 1.80. The molecule has 1 atom stereocenters. The van der Waals surface area contributed by atoms with Crippen molar-refractivity contribution in [3.05, 3.63) is 11.9 Å². The predicted molar refractivity (Wildman–Crippen MR) is 50.5 cm³/mol. The molecule has 0 aliphatic heterocycles. The second-order valence-electron chi connectivity index (χ2n) is 2.95. The van der Waals surface area contributed by atoms with E-state index in [1.165, 1.54) is 0 Å². The van der Waals surface area contributed by atoms with Gasteiger partial charge in [-0.3, -0.25) is 4.99 Å². The van der Waals surface area contributed by atoms with E-state index in [9.17, 15) is 0 Å². The first-order valence-corrected chi connectivity index (χ1v) is 4.04. The molecule has 0 aromatic heterocycles. The fraction of sp³-hybridized carbons (Fsp3) is 0.667. The van der Waals surface area contributed by atoms with E-state index in [1.54, 1.807) is 6.20 Å². The average Bonchev–Trinajstić information content (AvgIpc) is 1.98. The molecule has 0 bridgehead atoms. The molecule has 0 aromatic rings. The lowest BCUT2D eigenvalue weighted by atomic mass is 10.0. The highest BCUT2D eigenvalue weighted by atomic mass is 14.7. The highest BCUT2D eigenvalue weighted by molar-refractivity contribution is 5.84. The Morgan fingerprint density at radius 3 is 2.45 bits per heavy atom. The van der Waals surface area contributed by atoms with Crippen LogP contribution in [0.5, 0.6) is 0 Å². The zero-order valence-corrected chi connectivity index (χ0v) is 7.89. The molecule has 2 heteroatoms. The number of nitrogens with zero attached hydrogens (tertiary/aromatic N) is 1. The van der Waals surface area contributed by atoms with E-state index in [2.05, 4.69) is 18.8 Å². The van der Waals surface area contributed by atoms with Gasteiger partial charge in [0.05, 0.1) is 0 Å². The minimum Gasteiger partial charge on any atom is -0.401 e. The SMILES string of the molecule is CCC(C)C(C)=N/C=C(/C)N. The normalized spacial score (nSPS) is 16.7. The first-order chi connectivity index (χ1) is 5.07. The van der Waals surface area contributed by atoms with Gasteiger partial charge in [-0.1, -0.05) is 13.8 Å². The van der Waals surface area contributed by atoms with Gasteiger partial charge >= 0.3 is 0 Å². The first kappa shape index (κ1) is 10.2. The number of aliphatic imine (C=N–C) groups is 1.